The fourth-order valence-electron chi connectivity index (χ4n) is 2.70. The van der Waals surface area contributed by atoms with Gasteiger partial charge in [0.15, 0.2) is 0 Å². The Labute approximate surface area is 165 Å². The lowest BCUT2D eigenvalue weighted by Gasteiger charge is -2.21. The number of anilines is 1. The molecule has 0 saturated heterocycles. The van der Waals surface area contributed by atoms with Gasteiger partial charge in [0.1, 0.15) is 0 Å². The molecule has 2 rings (SSSR count). The number of amides is 2. The van der Waals surface area contributed by atoms with Gasteiger partial charge >= 0.3 is 0 Å². The minimum atomic E-state index is -0.256. The molecule has 0 aromatic heterocycles. The Kier molecular flexibility index (Phi) is 8.08. The van der Waals surface area contributed by atoms with Gasteiger partial charge in [-0.25, -0.2) is 0 Å². The lowest BCUT2D eigenvalue weighted by molar-refractivity contribution is -0.111. The van der Waals surface area contributed by atoms with Crippen LogP contribution in [0.4, 0.5) is 5.69 Å². The molecule has 0 heterocycles. The minimum Gasteiger partial charge on any atom is -0.339 e. The van der Waals surface area contributed by atoms with Crippen LogP contribution >= 0.6 is 11.6 Å². The maximum Gasteiger partial charge on any atom is 0.253 e. The summed E-state index contributed by atoms with van der Waals surface area (Å²) in [6.07, 6.45) is 5.00. The van der Waals surface area contributed by atoms with Crippen LogP contribution in [0.15, 0.2) is 54.6 Å². The monoisotopic (exact) mass is 384 g/mol. The first-order valence-corrected chi connectivity index (χ1v) is 9.55. The van der Waals surface area contributed by atoms with Crippen molar-refractivity contribution in [2.45, 2.75) is 26.7 Å². The molecule has 0 atom stereocenters. The topological polar surface area (TPSA) is 49.4 Å². The third kappa shape index (κ3) is 6.57. The van der Waals surface area contributed by atoms with Crippen LogP contribution in [-0.2, 0) is 4.79 Å². The molecule has 2 aromatic rings. The van der Waals surface area contributed by atoms with Crippen molar-refractivity contribution in [3.63, 3.8) is 0 Å². The zero-order valence-corrected chi connectivity index (χ0v) is 16.5. The highest BCUT2D eigenvalue weighted by Crippen LogP contribution is 2.14. The second-order valence-corrected chi connectivity index (χ2v) is 6.68. The molecular weight excluding hydrogens is 360 g/mol. The van der Waals surface area contributed by atoms with Gasteiger partial charge in [-0.15, -0.1) is 0 Å². The molecule has 0 bridgehead atoms. The van der Waals surface area contributed by atoms with Crippen molar-refractivity contribution in [3.8, 4) is 0 Å². The van der Waals surface area contributed by atoms with Gasteiger partial charge in [-0.1, -0.05) is 43.6 Å². The number of hydrogen-bond acceptors (Lipinski definition) is 2. The fraction of sp³-hybridized carbons (Fsp3) is 0.273. The zero-order valence-electron chi connectivity index (χ0n) is 15.7. The molecule has 2 aromatic carbocycles. The Hall–Kier alpha value is -2.59. The Balaban J connectivity index is 2.04. The van der Waals surface area contributed by atoms with E-state index < -0.39 is 0 Å². The van der Waals surface area contributed by atoms with Crippen molar-refractivity contribution in [1.82, 2.24) is 4.90 Å². The summed E-state index contributed by atoms with van der Waals surface area (Å²) >= 11 is 5.85. The number of benzene rings is 2. The Morgan fingerprint density at radius 3 is 2.33 bits per heavy atom. The molecule has 0 aliphatic carbocycles. The van der Waals surface area contributed by atoms with Crippen LogP contribution in [0.3, 0.4) is 0 Å². The van der Waals surface area contributed by atoms with E-state index in [1.54, 1.807) is 42.5 Å². The Morgan fingerprint density at radius 1 is 1.04 bits per heavy atom. The molecule has 2 amide bonds. The summed E-state index contributed by atoms with van der Waals surface area (Å²) in [6.45, 7) is 5.57. The van der Waals surface area contributed by atoms with Gasteiger partial charge < -0.3 is 10.2 Å². The SMILES string of the molecule is CCCN(CCC)C(=O)c1cccc(NC(=O)/C=C/c2ccc(Cl)cc2)c1. The summed E-state index contributed by atoms with van der Waals surface area (Å²) in [7, 11) is 0. The molecule has 0 radical (unpaired) electrons. The Bertz CT molecular complexity index is 794. The summed E-state index contributed by atoms with van der Waals surface area (Å²) in [5.74, 6) is -0.264. The summed E-state index contributed by atoms with van der Waals surface area (Å²) in [5, 5.41) is 3.45. The van der Waals surface area contributed by atoms with Crippen LogP contribution < -0.4 is 5.32 Å². The molecule has 0 unspecified atom stereocenters. The van der Waals surface area contributed by atoms with Crippen LogP contribution in [0.5, 0.6) is 0 Å². The third-order valence-electron chi connectivity index (χ3n) is 3.95. The number of carbonyl (C=O) groups is 2. The van der Waals surface area contributed by atoms with Gasteiger partial charge in [0.2, 0.25) is 5.91 Å². The number of halogens is 1. The highest BCUT2D eigenvalue weighted by molar-refractivity contribution is 6.30. The molecule has 27 heavy (non-hydrogen) atoms. The molecule has 0 aliphatic rings. The van der Waals surface area contributed by atoms with Gasteiger partial charge in [-0.2, -0.15) is 0 Å². The third-order valence-corrected chi connectivity index (χ3v) is 4.20. The first kappa shape index (κ1) is 20.7. The summed E-state index contributed by atoms with van der Waals surface area (Å²) in [5.41, 5.74) is 2.06. The molecule has 0 spiro atoms. The molecule has 0 saturated carbocycles. The van der Waals surface area contributed by atoms with E-state index in [-0.39, 0.29) is 11.8 Å². The van der Waals surface area contributed by atoms with Gasteiger partial charge in [-0.3, -0.25) is 9.59 Å². The fourth-order valence-corrected chi connectivity index (χ4v) is 2.82. The summed E-state index contributed by atoms with van der Waals surface area (Å²) < 4.78 is 0. The summed E-state index contributed by atoms with van der Waals surface area (Å²) in [4.78, 5) is 26.7. The molecular formula is C22H25ClN2O2. The maximum absolute atomic E-state index is 12.7. The molecule has 0 fully saturated rings. The van der Waals surface area contributed by atoms with Crippen LogP contribution in [0, 0.1) is 0 Å². The number of hydrogen-bond donors (Lipinski definition) is 1. The van der Waals surface area contributed by atoms with E-state index in [9.17, 15) is 9.59 Å². The van der Waals surface area contributed by atoms with Crippen molar-refractivity contribution < 1.29 is 9.59 Å². The lowest BCUT2D eigenvalue weighted by atomic mass is 10.1. The average molecular weight is 385 g/mol. The van der Waals surface area contributed by atoms with E-state index in [0.29, 0.717) is 16.3 Å². The number of carbonyl (C=O) groups excluding carboxylic acids is 2. The molecule has 4 nitrogen and oxygen atoms in total. The second-order valence-electron chi connectivity index (χ2n) is 6.25. The summed E-state index contributed by atoms with van der Waals surface area (Å²) in [6, 6.07) is 14.3. The first-order chi connectivity index (χ1) is 13.0. The normalized spacial score (nSPS) is 10.8. The number of nitrogens with one attached hydrogen (secondary N) is 1. The van der Waals surface area contributed by atoms with Crippen molar-refractivity contribution in [1.29, 1.82) is 0 Å². The number of nitrogens with zero attached hydrogens (tertiary/aromatic N) is 1. The van der Waals surface area contributed by atoms with Crippen LogP contribution in [0.25, 0.3) is 6.08 Å². The molecule has 1 N–H and O–H groups in total. The first-order valence-electron chi connectivity index (χ1n) is 9.17. The van der Waals surface area contributed by atoms with Crippen molar-refractivity contribution >= 4 is 35.2 Å². The van der Waals surface area contributed by atoms with Crippen molar-refractivity contribution in [2.24, 2.45) is 0 Å². The van der Waals surface area contributed by atoms with E-state index in [1.165, 1.54) is 6.08 Å². The van der Waals surface area contributed by atoms with Gasteiger partial charge in [0.05, 0.1) is 0 Å². The van der Waals surface area contributed by atoms with Crippen molar-refractivity contribution in [3.05, 3.63) is 70.8 Å². The maximum atomic E-state index is 12.7. The van der Waals surface area contributed by atoms with E-state index in [2.05, 4.69) is 19.2 Å². The highest BCUT2D eigenvalue weighted by Gasteiger charge is 2.14. The largest absolute Gasteiger partial charge is 0.339 e. The van der Waals surface area contributed by atoms with E-state index in [4.69, 9.17) is 11.6 Å². The minimum absolute atomic E-state index is 0.00787. The predicted molar refractivity (Wildman–Crippen MR) is 112 cm³/mol. The van der Waals surface area contributed by atoms with E-state index in [0.717, 1.165) is 31.5 Å². The van der Waals surface area contributed by atoms with Gasteiger partial charge in [0.25, 0.3) is 5.91 Å². The van der Waals surface area contributed by atoms with Crippen molar-refractivity contribution in [2.75, 3.05) is 18.4 Å². The predicted octanol–water partition coefficient (Wildman–Crippen LogP) is 5.25. The molecule has 142 valence electrons. The quantitative estimate of drug-likeness (QED) is 0.631. The van der Waals surface area contributed by atoms with Gasteiger partial charge in [0, 0.05) is 35.4 Å². The Morgan fingerprint density at radius 2 is 1.70 bits per heavy atom. The lowest BCUT2D eigenvalue weighted by Crippen LogP contribution is -2.32. The smallest absolute Gasteiger partial charge is 0.253 e. The molecule has 5 heteroatoms. The van der Waals surface area contributed by atoms with E-state index >= 15 is 0 Å². The molecule has 0 aliphatic heterocycles. The average Bonchev–Trinajstić information content (AvgIpc) is 2.67. The standard InChI is InChI=1S/C22H25ClN2O2/c1-3-14-25(15-4-2)22(27)18-6-5-7-20(16-18)24-21(26)13-10-17-8-11-19(23)12-9-17/h5-13,16H,3-4,14-15H2,1-2H3,(H,24,26)/b13-10+. The van der Waals surface area contributed by atoms with E-state index in [1.807, 2.05) is 17.0 Å². The zero-order chi connectivity index (χ0) is 19.6. The van der Waals surface area contributed by atoms with Crippen LogP contribution in [0.1, 0.15) is 42.6 Å². The second kappa shape index (κ2) is 10.5. The van der Waals surface area contributed by atoms with Crippen LogP contribution in [-0.4, -0.2) is 29.8 Å². The highest BCUT2D eigenvalue weighted by atomic mass is 35.5. The van der Waals surface area contributed by atoms with Crippen LogP contribution in [0.2, 0.25) is 5.02 Å². The van der Waals surface area contributed by atoms with Gasteiger partial charge in [-0.05, 0) is 54.8 Å². The number of rotatable bonds is 8.